The third-order valence-corrected chi connectivity index (χ3v) is 9.96. The molecule has 2 aliphatic heterocycles. The number of likely N-dealkylation sites (N-methyl/N-ethyl adjacent to an activating group) is 2. The number of esters is 1. The minimum Gasteiger partial charge on any atom is -0.493 e. The maximum absolute atomic E-state index is 13.4. The molecule has 2 amide bonds. The minimum absolute atomic E-state index is 0.0646. The quantitative estimate of drug-likeness (QED) is 0.0526. The summed E-state index contributed by atoms with van der Waals surface area (Å²) >= 11 is 0. The SMILES string of the molecule is COc1ccc2cc3[n+](cc2c1OC(=O)CCc1ccccc1/N=N/c1ccc(COC(=O)N(C)CCN(C)C(=O)OC(C)(C)C)cc1)CCc1cc2c(cc1-3)OCO2. The number of rotatable bonds is 12. The molecular weight excluding hydrogens is 755 g/mol. The van der Waals surface area contributed by atoms with Crippen molar-refractivity contribution in [2.24, 2.45) is 10.2 Å². The molecule has 0 bridgehead atoms. The van der Waals surface area contributed by atoms with E-state index in [0.717, 1.165) is 57.6 Å². The Hall–Kier alpha value is -6.70. The first kappa shape index (κ1) is 40.5. The molecule has 3 heterocycles. The monoisotopic (exact) mass is 802 g/mol. The summed E-state index contributed by atoms with van der Waals surface area (Å²) in [5.41, 5.74) is 5.59. The van der Waals surface area contributed by atoms with E-state index in [4.69, 9.17) is 28.4 Å². The Labute approximate surface area is 342 Å². The summed E-state index contributed by atoms with van der Waals surface area (Å²) < 4.78 is 35.9. The predicted octanol–water partition coefficient (Wildman–Crippen LogP) is 8.48. The highest BCUT2D eigenvalue weighted by Gasteiger charge is 2.29. The largest absolute Gasteiger partial charge is 0.493 e. The summed E-state index contributed by atoms with van der Waals surface area (Å²) in [6.07, 6.45) is 2.37. The average molecular weight is 803 g/mol. The summed E-state index contributed by atoms with van der Waals surface area (Å²) in [6, 6.07) is 24.7. The number of aryl methyl sites for hydroxylation is 3. The van der Waals surface area contributed by atoms with Gasteiger partial charge in [-0.1, -0.05) is 30.3 Å². The van der Waals surface area contributed by atoms with Crippen LogP contribution in [0.3, 0.4) is 0 Å². The van der Waals surface area contributed by atoms with Gasteiger partial charge in [-0.2, -0.15) is 14.8 Å². The van der Waals surface area contributed by atoms with Crippen LogP contribution in [0.15, 0.2) is 95.3 Å². The second-order valence-corrected chi connectivity index (χ2v) is 15.4. The molecule has 0 spiro atoms. The van der Waals surface area contributed by atoms with Gasteiger partial charge in [0.2, 0.25) is 12.5 Å². The van der Waals surface area contributed by atoms with E-state index < -0.39 is 23.8 Å². The summed E-state index contributed by atoms with van der Waals surface area (Å²) in [5, 5.41) is 10.6. The molecule has 14 nitrogen and oxygen atoms in total. The molecule has 59 heavy (non-hydrogen) atoms. The second kappa shape index (κ2) is 17.4. The molecule has 0 radical (unpaired) electrons. The third kappa shape index (κ3) is 9.71. The van der Waals surface area contributed by atoms with Crippen LogP contribution in [0.25, 0.3) is 22.0 Å². The zero-order valence-corrected chi connectivity index (χ0v) is 34.2. The molecule has 0 saturated carbocycles. The first-order valence-electron chi connectivity index (χ1n) is 19.4. The Morgan fingerprint density at radius 2 is 1.59 bits per heavy atom. The first-order chi connectivity index (χ1) is 28.3. The number of azo groups is 1. The zero-order valence-electron chi connectivity index (χ0n) is 34.2. The van der Waals surface area contributed by atoms with Crippen LogP contribution in [0, 0.1) is 0 Å². The molecule has 0 N–H and O–H groups in total. The number of nitrogens with zero attached hydrogens (tertiary/aromatic N) is 5. The molecule has 5 aromatic rings. The van der Waals surface area contributed by atoms with E-state index in [0.29, 0.717) is 35.8 Å². The van der Waals surface area contributed by atoms with Gasteiger partial charge in [-0.05, 0) is 91.7 Å². The lowest BCUT2D eigenvalue weighted by Crippen LogP contribution is -2.40. The molecular formula is C45H48N5O9+. The van der Waals surface area contributed by atoms with Crippen molar-refractivity contribution in [1.29, 1.82) is 0 Å². The summed E-state index contributed by atoms with van der Waals surface area (Å²) in [7, 11) is 4.79. The molecule has 0 saturated heterocycles. The van der Waals surface area contributed by atoms with E-state index in [1.807, 2.05) is 60.8 Å². The maximum atomic E-state index is 13.4. The Morgan fingerprint density at radius 1 is 0.864 bits per heavy atom. The van der Waals surface area contributed by atoms with Crippen LogP contribution in [-0.4, -0.2) is 74.6 Å². The van der Waals surface area contributed by atoms with Crippen molar-refractivity contribution in [2.45, 2.75) is 58.8 Å². The number of hydrogen-bond acceptors (Lipinski definition) is 11. The summed E-state index contributed by atoms with van der Waals surface area (Å²) in [6.45, 7) is 7.01. The Balaban J connectivity index is 0.943. The van der Waals surface area contributed by atoms with Crippen molar-refractivity contribution in [3.05, 3.63) is 102 Å². The van der Waals surface area contributed by atoms with Gasteiger partial charge >= 0.3 is 18.2 Å². The second-order valence-electron chi connectivity index (χ2n) is 15.4. The highest BCUT2D eigenvalue weighted by molar-refractivity contribution is 5.93. The van der Waals surface area contributed by atoms with E-state index in [1.54, 1.807) is 54.1 Å². The highest BCUT2D eigenvalue weighted by atomic mass is 16.7. The highest BCUT2D eigenvalue weighted by Crippen LogP contribution is 2.42. The summed E-state index contributed by atoms with van der Waals surface area (Å²) in [5.74, 6) is 1.95. The Morgan fingerprint density at radius 3 is 2.34 bits per heavy atom. The average Bonchev–Trinajstić information content (AvgIpc) is 3.69. The normalized spacial score (nSPS) is 12.8. The lowest BCUT2D eigenvalue weighted by atomic mass is 9.95. The van der Waals surface area contributed by atoms with Crippen LogP contribution >= 0.6 is 0 Å². The van der Waals surface area contributed by atoms with Crippen LogP contribution in [0.2, 0.25) is 0 Å². The molecule has 306 valence electrons. The van der Waals surface area contributed by atoms with Crippen LogP contribution in [0.1, 0.15) is 43.9 Å². The van der Waals surface area contributed by atoms with Gasteiger partial charge in [0.1, 0.15) is 12.2 Å². The van der Waals surface area contributed by atoms with Crippen LogP contribution in [0.4, 0.5) is 21.0 Å². The molecule has 2 aliphatic rings. The van der Waals surface area contributed by atoms with Gasteiger partial charge in [-0.3, -0.25) is 4.79 Å². The number of carbonyl (C=O) groups is 3. The van der Waals surface area contributed by atoms with Gasteiger partial charge in [0.05, 0.1) is 35.9 Å². The van der Waals surface area contributed by atoms with E-state index >= 15 is 0 Å². The number of ether oxygens (including phenoxy) is 6. The molecule has 1 aromatic heterocycles. The van der Waals surface area contributed by atoms with Crippen molar-refractivity contribution in [1.82, 2.24) is 9.80 Å². The van der Waals surface area contributed by atoms with Gasteiger partial charge < -0.3 is 38.2 Å². The number of carbonyl (C=O) groups excluding carboxylic acids is 3. The predicted molar refractivity (Wildman–Crippen MR) is 219 cm³/mol. The van der Waals surface area contributed by atoms with E-state index in [-0.39, 0.29) is 26.4 Å². The van der Waals surface area contributed by atoms with Crippen molar-refractivity contribution in [3.8, 4) is 34.3 Å². The van der Waals surface area contributed by atoms with Crippen LogP contribution in [0.5, 0.6) is 23.0 Å². The molecule has 0 atom stereocenters. The molecule has 0 fully saturated rings. The molecule has 0 aliphatic carbocycles. The molecule has 4 aromatic carbocycles. The van der Waals surface area contributed by atoms with Crippen molar-refractivity contribution >= 4 is 40.3 Å². The number of methoxy groups -OCH3 is 1. The van der Waals surface area contributed by atoms with Crippen LogP contribution in [-0.2, 0) is 40.3 Å². The fraction of sp³-hybridized carbons (Fsp3) is 0.333. The molecule has 7 rings (SSSR count). The van der Waals surface area contributed by atoms with Crippen molar-refractivity contribution < 1.29 is 47.4 Å². The number of pyridine rings is 1. The fourth-order valence-electron chi connectivity index (χ4n) is 6.73. The molecule has 0 unspecified atom stereocenters. The topological polar surface area (TPSA) is 142 Å². The number of fused-ring (bicyclic) bond motifs is 5. The number of benzene rings is 4. The fourth-order valence-corrected chi connectivity index (χ4v) is 6.73. The van der Waals surface area contributed by atoms with Gasteiger partial charge in [0.15, 0.2) is 35.7 Å². The molecule has 14 heteroatoms. The van der Waals surface area contributed by atoms with Crippen molar-refractivity contribution in [3.63, 3.8) is 0 Å². The maximum Gasteiger partial charge on any atom is 0.410 e. The Kier molecular flexibility index (Phi) is 12.0. The summed E-state index contributed by atoms with van der Waals surface area (Å²) in [4.78, 5) is 41.0. The lowest BCUT2D eigenvalue weighted by molar-refractivity contribution is -0.686. The lowest BCUT2D eigenvalue weighted by Gasteiger charge is -2.26. The van der Waals surface area contributed by atoms with Crippen LogP contribution < -0.4 is 23.5 Å². The van der Waals surface area contributed by atoms with Gasteiger partial charge in [-0.25, -0.2) is 9.59 Å². The standard InChI is InChI=1S/C45H48N5O9/c1-45(2,3)59-44(53)49(5)22-21-48(4)43(52)55-27-29-11-15-33(16-12-29)46-47-36-10-8-7-9-30(36)14-18-41(51)58-42-35-26-50-20-19-32-24-39-40(57-28-56-39)25-34(32)37(50)23-31(35)13-17-38(42)54-6/h7-13,15-17,23-26H,14,18-22,27-28H2,1-6H3/q+1/b47-46+. The van der Waals surface area contributed by atoms with Gasteiger partial charge in [0.25, 0.3) is 0 Å². The first-order valence-corrected chi connectivity index (χ1v) is 19.4. The third-order valence-electron chi connectivity index (χ3n) is 9.96. The van der Waals surface area contributed by atoms with E-state index in [1.165, 1.54) is 15.4 Å². The number of amides is 2. The van der Waals surface area contributed by atoms with Gasteiger partial charge in [-0.15, -0.1) is 0 Å². The minimum atomic E-state index is -0.602. The number of hydrogen-bond donors (Lipinski definition) is 0. The van der Waals surface area contributed by atoms with Crippen molar-refractivity contribution in [2.75, 3.05) is 41.1 Å². The Bertz CT molecular complexity index is 2410. The van der Waals surface area contributed by atoms with Gasteiger partial charge in [0, 0.05) is 39.7 Å². The van der Waals surface area contributed by atoms with E-state index in [2.05, 4.69) is 26.9 Å². The number of aromatic nitrogens is 1. The smallest absolute Gasteiger partial charge is 0.410 e. The van der Waals surface area contributed by atoms with E-state index in [9.17, 15) is 14.4 Å². The zero-order chi connectivity index (χ0) is 41.7.